The van der Waals surface area contributed by atoms with Gasteiger partial charge in [0.05, 0.1) is 16.7 Å². The molecule has 0 aliphatic carbocycles. The number of nitrogens with zero attached hydrogens (tertiary/aromatic N) is 6. The number of nitrogens with one attached hydrogen (secondary N) is 3. The molecule has 0 aliphatic heterocycles. The highest BCUT2D eigenvalue weighted by Gasteiger charge is 2.17. The largest absolute Gasteiger partial charge is 0.384 e. The lowest BCUT2D eigenvalue weighted by Gasteiger charge is -2.12. The zero-order chi connectivity index (χ0) is 28.5. The van der Waals surface area contributed by atoms with Crippen molar-refractivity contribution in [1.29, 1.82) is 0 Å². The number of benzene rings is 2. The van der Waals surface area contributed by atoms with E-state index < -0.39 is 0 Å². The highest BCUT2D eigenvalue weighted by molar-refractivity contribution is 5.97. The minimum atomic E-state index is -0.334. The van der Waals surface area contributed by atoms with E-state index in [1.807, 2.05) is 58.8 Å². The Hall–Kier alpha value is -4.67. The number of hydrogen-bond acceptors (Lipinski definition) is 7. The summed E-state index contributed by atoms with van der Waals surface area (Å²) in [6, 6.07) is 15.1. The van der Waals surface area contributed by atoms with E-state index in [1.54, 1.807) is 6.20 Å². The number of pyridine rings is 2. The van der Waals surface area contributed by atoms with Gasteiger partial charge in [0.25, 0.3) is 0 Å². The standard InChI is InChI=1S/C31H32FN9/c1-40(2)10-9-34-24-13-21(12-23(32)15-24)28-30-27(7-8-35-28)36-31(37-30)29-25-14-20(5-6-26(25)38-39-29)22-11-19(16-33-17-22)18-41(3)4/h5-8,11-17,34H,9-10,18H2,1-4H3,(H,36,37)(H,38,39). The molecule has 9 nitrogen and oxygen atoms in total. The van der Waals surface area contributed by atoms with Gasteiger partial charge in [-0.15, -0.1) is 0 Å². The van der Waals surface area contributed by atoms with E-state index in [4.69, 9.17) is 4.98 Å². The molecular weight excluding hydrogens is 517 g/mol. The van der Waals surface area contributed by atoms with E-state index in [-0.39, 0.29) is 5.82 Å². The summed E-state index contributed by atoms with van der Waals surface area (Å²) in [5, 5.41) is 12.0. The average molecular weight is 550 g/mol. The number of aromatic amines is 2. The minimum Gasteiger partial charge on any atom is -0.384 e. The molecule has 2 aromatic carbocycles. The molecule has 0 unspecified atom stereocenters. The number of fused-ring (bicyclic) bond motifs is 2. The Morgan fingerprint density at radius 1 is 0.854 bits per heavy atom. The first kappa shape index (κ1) is 26.5. The van der Waals surface area contributed by atoms with Gasteiger partial charge in [-0.2, -0.15) is 5.10 Å². The quantitative estimate of drug-likeness (QED) is 0.222. The number of imidazole rings is 1. The van der Waals surface area contributed by atoms with E-state index in [0.29, 0.717) is 40.5 Å². The molecule has 0 aliphatic rings. The monoisotopic (exact) mass is 549 g/mol. The van der Waals surface area contributed by atoms with Gasteiger partial charge in [-0.1, -0.05) is 6.07 Å². The third-order valence-corrected chi connectivity index (χ3v) is 6.87. The van der Waals surface area contributed by atoms with Crippen molar-refractivity contribution in [1.82, 2.24) is 39.9 Å². The highest BCUT2D eigenvalue weighted by atomic mass is 19.1. The fourth-order valence-electron chi connectivity index (χ4n) is 4.98. The van der Waals surface area contributed by atoms with Crippen molar-refractivity contribution in [2.24, 2.45) is 0 Å². The summed E-state index contributed by atoms with van der Waals surface area (Å²) in [7, 11) is 8.09. The second kappa shape index (κ2) is 11.1. The Bertz CT molecular complexity index is 1840. The summed E-state index contributed by atoms with van der Waals surface area (Å²) < 4.78 is 14.6. The zero-order valence-electron chi connectivity index (χ0n) is 23.5. The maximum Gasteiger partial charge on any atom is 0.159 e. The van der Waals surface area contributed by atoms with Gasteiger partial charge in [0, 0.05) is 60.4 Å². The van der Waals surface area contributed by atoms with Crippen molar-refractivity contribution in [3.63, 3.8) is 0 Å². The topological polar surface area (TPSA) is 102 Å². The fourth-order valence-corrected chi connectivity index (χ4v) is 4.98. The second-order valence-electron chi connectivity index (χ2n) is 10.8. The van der Waals surface area contributed by atoms with Crippen molar-refractivity contribution in [3.8, 4) is 33.9 Å². The van der Waals surface area contributed by atoms with Crippen LogP contribution in [0.1, 0.15) is 5.56 Å². The molecule has 3 N–H and O–H groups in total. The van der Waals surface area contributed by atoms with Crippen LogP contribution in [0.2, 0.25) is 0 Å². The van der Waals surface area contributed by atoms with E-state index in [2.05, 4.69) is 58.5 Å². The van der Waals surface area contributed by atoms with E-state index >= 15 is 0 Å². The van der Waals surface area contributed by atoms with Crippen molar-refractivity contribution in [3.05, 3.63) is 78.5 Å². The molecule has 4 aromatic heterocycles. The third-order valence-electron chi connectivity index (χ3n) is 6.87. The van der Waals surface area contributed by atoms with Gasteiger partial charge in [-0.05, 0) is 81.8 Å². The Morgan fingerprint density at radius 2 is 1.73 bits per heavy atom. The number of H-pyrrole nitrogens is 2. The first-order chi connectivity index (χ1) is 19.8. The molecular formula is C31H32FN9. The normalized spacial score (nSPS) is 11.8. The molecule has 208 valence electrons. The van der Waals surface area contributed by atoms with Crippen LogP contribution >= 0.6 is 0 Å². The summed E-state index contributed by atoms with van der Waals surface area (Å²) in [6.45, 7) is 2.35. The van der Waals surface area contributed by atoms with Gasteiger partial charge in [0.15, 0.2) is 5.82 Å². The Kier molecular flexibility index (Phi) is 7.17. The Labute approximate surface area is 237 Å². The number of halogens is 1. The predicted molar refractivity (Wildman–Crippen MR) is 162 cm³/mol. The van der Waals surface area contributed by atoms with Gasteiger partial charge in [-0.3, -0.25) is 15.1 Å². The van der Waals surface area contributed by atoms with Gasteiger partial charge in [0.1, 0.15) is 17.0 Å². The summed E-state index contributed by atoms with van der Waals surface area (Å²) in [5.41, 5.74) is 8.23. The minimum absolute atomic E-state index is 0.334. The van der Waals surface area contributed by atoms with E-state index in [9.17, 15) is 4.39 Å². The van der Waals surface area contributed by atoms with Crippen LogP contribution in [-0.2, 0) is 6.54 Å². The van der Waals surface area contributed by atoms with Crippen LogP contribution in [0.15, 0.2) is 67.1 Å². The van der Waals surface area contributed by atoms with Gasteiger partial charge in [0.2, 0.25) is 0 Å². The fraction of sp³-hybridized carbons (Fsp3) is 0.226. The number of aromatic nitrogens is 6. The van der Waals surface area contributed by atoms with E-state index in [0.717, 1.165) is 46.2 Å². The average Bonchev–Trinajstić information content (AvgIpc) is 3.56. The molecule has 0 radical (unpaired) electrons. The van der Waals surface area contributed by atoms with Gasteiger partial charge in [-0.25, -0.2) is 9.37 Å². The van der Waals surface area contributed by atoms with Crippen LogP contribution in [0.4, 0.5) is 10.1 Å². The first-order valence-electron chi connectivity index (χ1n) is 13.5. The van der Waals surface area contributed by atoms with Gasteiger partial charge < -0.3 is 20.1 Å². The summed E-state index contributed by atoms with van der Waals surface area (Å²) in [4.78, 5) is 21.5. The lowest BCUT2D eigenvalue weighted by molar-refractivity contribution is 0.402. The molecule has 0 bridgehead atoms. The third kappa shape index (κ3) is 5.65. The van der Waals surface area contributed by atoms with Crippen molar-refractivity contribution in [2.75, 3.05) is 46.6 Å². The van der Waals surface area contributed by atoms with Crippen LogP contribution < -0.4 is 5.32 Å². The Balaban J connectivity index is 1.37. The van der Waals surface area contributed by atoms with Gasteiger partial charge >= 0.3 is 0 Å². The molecule has 6 aromatic rings. The molecule has 0 atom stereocenters. The Morgan fingerprint density at radius 3 is 2.56 bits per heavy atom. The van der Waals surface area contributed by atoms with Crippen LogP contribution in [0.25, 0.3) is 55.8 Å². The van der Waals surface area contributed by atoms with Crippen molar-refractivity contribution >= 4 is 27.6 Å². The van der Waals surface area contributed by atoms with Crippen LogP contribution in [0.3, 0.4) is 0 Å². The molecule has 0 saturated heterocycles. The number of anilines is 1. The first-order valence-corrected chi connectivity index (χ1v) is 13.5. The van der Waals surface area contributed by atoms with Crippen molar-refractivity contribution < 1.29 is 4.39 Å². The number of hydrogen-bond donors (Lipinski definition) is 3. The maximum atomic E-state index is 14.6. The zero-order valence-corrected chi connectivity index (χ0v) is 23.5. The van der Waals surface area contributed by atoms with E-state index in [1.165, 1.54) is 12.1 Å². The molecule has 41 heavy (non-hydrogen) atoms. The lowest BCUT2D eigenvalue weighted by Crippen LogP contribution is -2.20. The second-order valence-corrected chi connectivity index (χ2v) is 10.8. The van der Waals surface area contributed by atoms with Crippen LogP contribution in [0.5, 0.6) is 0 Å². The molecule has 0 spiro atoms. The van der Waals surface area contributed by atoms with Crippen LogP contribution in [-0.4, -0.2) is 81.2 Å². The van der Waals surface area contributed by atoms with Crippen molar-refractivity contribution in [2.45, 2.75) is 6.54 Å². The lowest BCUT2D eigenvalue weighted by atomic mass is 10.0. The molecule has 0 saturated carbocycles. The molecule has 4 heterocycles. The molecule has 0 amide bonds. The summed E-state index contributed by atoms with van der Waals surface area (Å²) in [5.74, 6) is 0.275. The predicted octanol–water partition coefficient (Wildman–Crippen LogP) is 5.40. The SMILES string of the molecule is CN(C)CCNc1cc(F)cc(-c2nccc3[nH]c(-c4n[nH]c5ccc(-c6cncc(CN(C)C)c6)cc45)nc23)c1. The number of rotatable bonds is 9. The summed E-state index contributed by atoms with van der Waals surface area (Å²) >= 11 is 0. The summed E-state index contributed by atoms with van der Waals surface area (Å²) in [6.07, 6.45) is 5.48. The molecule has 0 fully saturated rings. The highest BCUT2D eigenvalue weighted by Crippen LogP contribution is 2.33. The van der Waals surface area contributed by atoms with Crippen LogP contribution in [0, 0.1) is 5.82 Å². The molecule has 10 heteroatoms. The number of likely N-dealkylation sites (N-methyl/N-ethyl adjacent to an activating group) is 1. The molecule has 6 rings (SSSR count). The maximum absolute atomic E-state index is 14.6. The smallest absolute Gasteiger partial charge is 0.159 e.